The fourth-order valence-electron chi connectivity index (χ4n) is 1.91. The number of sulfonamides is 1. The average molecular weight is 294 g/mol. The standard InChI is InChI=1S/C13H18N4O2S/c1-4-16-20(18,19)11-5-6-12(14)13(7-11)17-8-15-9(2)10(17)3/h5-8,16H,4,14H2,1-3H3. The van der Waals surface area contributed by atoms with Gasteiger partial charge < -0.3 is 10.3 Å². The van der Waals surface area contributed by atoms with E-state index in [1.165, 1.54) is 6.07 Å². The number of imidazole rings is 1. The number of rotatable bonds is 4. The zero-order valence-corrected chi connectivity index (χ0v) is 12.5. The van der Waals surface area contributed by atoms with Crippen LogP contribution in [0.2, 0.25) is 0 Å². The third kappa shape index (κ3) is 2.54. The number of nitrogens with zero attached hydrogens (tertiary/aromatic N) is 2. The van der Waals surface area contributed by atoms with E-state index >= 15 is 0 Å². The molecule has 0 atom stereocenters. The van der Waals surface area contributed by atoms with Crippen LogP contribution in [0, 0.1) is 13.8 Å². The van der Waals surface area contributed by atoms with Crippen molar-refractivity contribution < 1.29 is 8.42 Å². The first-order valence-corrected chi connectivity index (χ1v) is 7.75. The molecule has 0 saturated heterocycles. The first kappa shape index (κ1) is 14.5. The maximum atomic E-state index is 12.0. The van der Waals surface area contributed by atoms with Crippen LogP contribution in [0.25, 0.3) is 5.69 Å². The van der Waals surface area contributed by atoms with Gasteiger partial charge in [0.2, 0.25) is 10.0 Å². The molecule has 0 aliphatic heterocycles. The van der Waals surface area contributed by atoms with Gasteiger partial charge in [-0.25, -0.2) is 18.1 Å². The molecule has 1 heterocycles. The number of nitrogen functional groups attached to an aromatic ring is 1. The van der Waals surface area contributed by atoms with Crippen molar-refractivity contribution in [2.24, 2.45) is 0 Å². The number of aromatic nitrogens is 2. The molecule has 0 amide bonds. The summed E-state index contributed by atoms with van der Waals surface area (Å²) in [5, 5.41) is 0. The molecule has 1 aromatic carbocycles. The van der Waals surface area contributed by atoms with Gasteiger partial charge in [-0.2, -0.15) is 0 Å². The number of anilines is 1. The minimum Gasteiger partial charge on any atom is -0.397 e. The minimum atomic E-state index is -3.50. The predicted octanol–water partition coefficient (Wildman–Crippen LogP) is 1.37. The van der Waals surface area contributed by atoms with Crippen molar-refractivity contribution in [3.63, 3.8) is 0 Å². The van der Waals surface area contributed by atoms with Gasteiger partial charge in [-0.15, -0.1) is 0 Å². The molecule has 0 bridgehead atoms. The van der Waals surface area contributed by atoms with E-state index in [1.807, 2.05) is 13.8 Å². The quantitative estimate of drug-likeness (QED) is 0.833. The summed E-state index contributed by atoms with van der Waals surface area (Å²) in [5.74, 6) is 0. The van der Waals surface area contributed by atoms with Crippen molar-refractivity contribution in [2.75, 3.05) is 12.3 Å². The van der Waals surface area contributed by atoms with Crippen LogP contribution >= 0.6 is 0 Å². The van der Waals surface area contributed by atoms with Crippen molar-refractivity contribution in [1.29, 1.82) is 0 Å². The SMILES string of the molecule is CCNS(=O)(=O)c1ccc(N)c(-n2cnc(C)c2C)c1. The van der Waals surface area contributed by atoms with Crippen molar-refractivity contribution >= 4 is 15.7 Å². The Hall–Kier alpha value is -1.86. The van der Waals surface area contributed by atoms with Gasteiger partial charge in [0, 0.05) is 12.2 Å². The molecule has 0 spiro atoms. The molecule has 7 heteroatoms. The first-order chi connectivity index (χ1) is 9.36. The number of hydrogen-bond acceptors (Lipinski definition) is 4. The predicted molar refractivity (Wildman–Crippen MR) is 78.3 cm³/mol. The highest BCUT2D eigenvalue weighted by molar-refractivity contribution is 7.89. The third-order valence-corrected chi connectivity index (χ3v) is 4.70. The summed E-state index contributed by atoms with van der Waals surface area (Å²) in [6.07, 6.45) is 1.64. The van der Waals surface area contributed by atoms with Gasteiger partial charge in [-0.05, 0) is 32.0 Å². The number of aryl methyl sites for hydroxylation is 1. The summed E-state index contributed by atoms with van der Waals surface area (Å²) < 4.78 is 28.3. The van der Waals surface area contributed by atoms with Crippen molar-refractivity contribution in [3.05, 3.63) is 35.9 Å². The molecule has 0 aliphatic rings. The fourth-order valence-corrected chi connectivity index (χ4v) is 2.97. The molecule has 2 rings (SSSR count). The molecule has 20 heavy (non-hydrogen) atoms. The summed E-state index contributed by atoms with van der Waals surface area (Å²) in [5.41, 5.74) is 8.87. The van der Waals surface area contributed by atoms with Crippen LogP contribution in [0.3, 0.4) is 0 Å². The van der Waals surface area contributed by atoms with E-state index in [0.717, 1.165) is 11.4 Å². The summed E-state index contributed by atoms with van der Waals surface area (Å²) >= 11 is 0. The summed E-state index contributed by atoms with van der Waals surface area (Å²) in [7, 11) is -3.50. The van der Waals surface area contributed by atoms with Gasteiger partial charge in [-0.3, -0.25) is 0 Å². The highest BCUT2D eigenvalue weighted by atomic mass is 32.2. The van der Waals surface area contributed by atoms with E-state index in [1.54, 1.807) is 30.0 Å². The summed E-state index contributed by atoms with van der Waals surface area (Å²) in [6, 6.07) is 4.64. The van der Waals surface area contributed by atoms with Crippen LogP contribution in [0.5, 0.6) is 0 Å². The second kappa shape index (κ2) is 5.26. The molecular weight excluding hydrogens is 276 g/mol. The normalized spacial score (nSPS) is 11.8. The summed E-state index contributed by atoms with van der Waals surface area (Å²) in [4.78, 5) is 4.39. The smallest absolute Gasteiger partial charge is 0.240 e. The van der Waals surface area contributed by atoms with Crippen molar-refractivity contribution in [3.8, 4) is 5.69 Å². The lowest BCUT2D eigenvalue weighted by molar-refractivity contribution is 0.584. The Balaban J connectivity index is 2.58. The van der Waals surface area contributed by atoms with Gasteiger partial charge in [0.05, 0.1) is 28.3 Å². The molecule has 0 aliphatic carbocycles. The molecule has 0 unspecified atom stereocenters. The average Bonchev–Trinajstić information content (AvgIpc) is 2.70. The van der Waals surface area contributed by atoms with Crippen molar-refractivity contribution in [2.45, 2.75) is 25.7 Å². The largest absolute Gasteiger partial charge is 0.397 e. The topological polar surface area (TPSA) is 90.0 Å². The molecule has 0 fully saturated rings. The molecule has 108 valence electrons. The highest BCUT2D eigenvalue weighted by Crippen LogP contribution is 2.23. The molecule has 0 radical (unpaired) electrons. The van der Waals surface area contributed by atoms with Gasteiger partial charge in [0.15, 0.2) is 0 Å². The number of hydrogen-bond donors (Lipinski definition) is 2. The van der Waals surface area contributed by atoms with Crippen LogP contribution in [0.15, 0.2) is 29.4 Å². The van der Waals surface area contributed by atoms with Crippen LogP contribution in [0.1, 0.15) is 18.3 Å². The molecule has 1 aromatic heterocycles. The lowest BCUT2D eigenvalue weighted by atomic mass is 10.2. The maximum absolute atomic E-state index is 12.0. The molecule has 2 aromatic rings. The van der Waals surface area contributed by atoms with E-state index < -0.39 is 10.0 Å². The maximum Gasteiger partial charge on any atom is 0.240 e. The lowest BCUT2D eigenvalue weighted by Gasteiger charge is -2.12. The molecular formula is C13H18N4O2S. The lowest BCUT2D eigenvalue weighted by Crippen LogP contribution is -2.23. The molecule has 3 N–H and O–H groups in total. The van der Waals surface area contributed by atoms with Gasteiger partial charge in [-0.1, -0.05) is 6.92 Å². The number of benzene rings is 1. The Morgan fingerprint density at radius 3 is 2.60 bits per heavy atom. The number of nitrogens with one attached hydrogen (secondary N) is 1. The fraction of sp³-hybridized carbons (Fsp3) is 0.308. The number of nitrogens with two attached hydrogens (primary N) is 1. The van der Waals surface area contributed by atoms with E-state index in [2.05, 4.69) is 9.71 Å². The molecule has 0 saturated carbocycles. The van der Waals surface area contributed by atoms with Gasteiger partial charge in [0.25, 0.3) is 0 Å². The van der Waals surface area contributed by atoms with E-state index in [0.29, 0.717) is 17.9 Å². The highest BCUT2D eigenvalue weighted by Gasteiger charge is 2.16. The molecule has 6 nitrogen and oxygen atoms in total. The van der Waals surface area contributed by atoms with Gasteiger partial charge in [0.1, 0.15) is 0 Å². The van der Waals surface area contributed by atoms with E-state index in [9.17, 15) is 8.42 Å². The zero-order chi connectivity index (χ0) is 14.9. The zero-order valence-electron chi connectivity index (χ0n) is 11.7. The van der Waals surface area contributed by atoms with E-state index in [4.69, 9.17) is 5.73 Å². The first-order valence-electron chi connectivity index (χ1n) is 6.27. The third-order valence-electron chi connectivity index (χ3n) is 3.16. The van der Waals surface area contributed by atoms with Crippen LogP contribution in [0.4, 0.5) is 5.69 Å². The Morgan fingerprint density at radius 1 is 1.35 bits per heavy atom. The second-order valence-corrected chi connectivity index (χ2v) is 6.27. The van der Waals surface area contributed by atoms with Gasteiger partial charge >= 0.3 is 0 Å². The Morgan fingerprint density at radius 2 is 2.05 bits per heavy atom. The van der Waals surface area contributed by atoms with Crippen LogP contribution in [-0.2, 0) is 10.0 Å². The Bertz CT molecular complexity index is 735. The Kier molecular flexibility index (Phi) is 3.82. The van der Waals surface area contributed by atoms with Crippen molar-refractivity contribution in [1.82, 2.24) is 14.3 Å². The van der Waals surface area contributed by atoms with Crippen LogP contribution < -0.4 is 10.5 Å². The van der Waals surface area contributed by atoms with Crippen LogP contribution in [-0.4, -0.2) is 24.5 Å². The summed E-state index contributed by atoms with van der Waals surface area (Å²) in [6.45, 7) is 5.87. The van der Waals surface area contributed by atoms with E-state index in [-0.39, 0.29) is 4.90 Å². The second-order valence-electron chi connectivity index (χ2n) is 4.51. The monoisotopic (exact) mass is 294 g/mol. The minimum absolute atomic E-state index is 0.189. The Labute approximate surface area is 118 Å².